The molecule has 2 aromatic carbocycles. The summed E-state index contributed by atoms with van der Waals surface area (Å²) in [7, 11) is 0. The molecular formula is C17H14ClN3. The second-order valence-electron chi connectivity index (χ2n) is 4.59. The van der Waals surface area contributed by atoms with Crippen molar-refractivity contribution in [1.82, 2.24) is 9.97 Å². The van der Waals surface area contributed by atoms with Crippen LogP contribution >= 0.6 is 11.6 Å². The van der Waals surface area contributed by atoms with Gasteiger partial charge in [0, 0.05) is 22.5 Å². The van der Waals surface area contributed by atoms with Gasteiger partial charge in [0.25, 0.3) is 0 Å². The lowest BCUT2D eigenvalue weighted by Crippen LogP contribution is -2.03. The lowest BCUT2D eigenvalue weighted by Gasteiger charge is -2.09. The molecule has 3 nitrogen and oxygen atoms in total. The third kappa shape index (κ3) is 2.88. The molecule has 0 radical (unpaired) electrons. The third-order valence-electron chi connectivity index (χ3n) is 3.10. The van der Waals surface area contributed by atoms with E-state index in [4.69, 9.17) is 11.6 Å². The minimum atomic E-state index is 0.649. The van der Waals surface area contributed by atoms with Gasteiger partial charge in [-0.25, -0.2) is 9.97 Å². The molecule has 1 aromatic heterocycles. The van der Waals surface area contributed by atoms with E-state index in [1.165, 1.54) is 0 Å². The third-order valence-corrected chi connectivity index (χ3v) is 3.33. The van der Waals surface area contributed by atoms with E-state index < -0.39 is 0 Å². The quantitative estimate of drug-likeness (QED) is 0.718. The van der Waals surface area contributed by atoms with Crippen molar-refractivity contribution < 1.29 is 0 Å². The van der Waals surface area contributed by atoms with E-state index in [1.54, 1.807) is 6.08 Å². The van der Waals surface area contributed by atoms with Crippen LogP contribution in [0, 0.1) is 0 Å². The number of hydrogen-bond acceptors (Lipinski definition) is 3. The Labute approximate surface area is 128 Å². The average Bonchev–Trinajstić information content (AvgIpc) is 2.52. The van der Waals surface area contributed by atoms with Crippen molar-refractivity contribution in [3.05, 3.63) is 66.2 Å². The van der Waals surface area contributed by atoms with Gasteiger partial charge in [-0.2, -0.15) is 0 Å². The molecule has 4 heteroatoms. The van der Waals surface area contributed by atoms with Gasteiger partial charge in [-0.15, -0.1) is 6.58 Å². The Balaban J connectivity index is 2.17. The van der Waals surface area contributed by atoms with E-state index in [0.29, 0.717) is 17.4 Å². The van der Waals surface area contributed by atoms with Gasteiger partial charge >= 0.3 is 0 Å². The second-order valence-corrected chi connectivity index (χ2v) is 5.03. The molecule has 0 atom stereocenters. The van der Waals surface area contributed by atoms with Crippen LogP contribution in [0.4, 0.5) is 5.82 Å². The number of nitrogens with zero attached hydrogens (tertiary/aromatic N) is 2. The smallest absolute Gasteiger partial charge is 0.162 e. The normalized spacial score (nSPS) is 10.5. The molecule has 0 aliphatic heterocycles. The van der Waals surface area contributed by atoms with Crippen LogP contribution < -0.4 is 5.32 Å². The fourth-order valence-electron chi connectivity index (χ4n) is 2.14. The van der Waals surface area contributed by atoms with Crippen molar-refractivity contribution in [3.8, 4) is 11.4 Å². The standard InChI is InChI=1S/C17H14ClN3/c1-2-10-19-17-14-8-3-4-9-15(14)20-16(21-17)12-6-5-7-13(18)11-12/h2-9,11H,1,10H2,(H,19,20,21). The van der Waals surface area contributed by atoms with E-state index in [9.17, 15) is 0 Å². The molecule has 104 valence electrons. The Bertz CT molecular complexity index is 799. The number of para-hydroxylation sites is 1. The summed E-state index contributed by atoms with van der Waals surface area (Å²) in [6.45, 7) is 4.37. The number of hydrogen-bond donors (Lipinski definition) is 1. The molecule has 0 saturated carbocycles. The van der Waals surface area contributed by atoms with E-state index >= 15 is 0 Å². The van der Waals surface area contributed by atoms with Gasteiger partial charge in [-0.05, 0) is 24.3 Å². The highest BCUT2D eigenvalue weighted by Gasteiger charge is 2.08. The molecule has 0 aliphatic rings. The Kier molecular flexibility index (Phi) is 3.84. The Morgan fingerprint density at radius 1 is 1.10 bits per heavy atom. The van der Waals surface area contributed by atoms with Crippen LogP contribution in [-0.4, -0.2) is 16.5 Å². The minimum absolute atomic E-state index is 0.649. The van der Waals surface area contributed by atoms with Crippen LogP contribution in [0.5, 0.6) is 0 Å². The van der Waals surface area contributed by atoms with Crippen molar-refractivity contribution in [1.29, 1.82) is 0 Å². The number of benzene rings is 2. The average molecular weight is 296 g/mol. The maximum atomic E-state index is 6.05. The van der Waals surface area contributed by atoms with Crippen molar-refractivity contribution in [3.63, 3.8) is 0 Å². The van der Waals surface area contributed by atoms with Gasteiger partial charge < -0.3 is 5.32 Å². The summed E-state index contributed by atoms with van der Waals surface area (Å²) < 4.78 is 0. The molecule has 1 N–H and O–H groups in total. The van der Waals surface area contributed by atoms with E-state index in [2.05, 4.69) is 21.9 Å². The largest absolute Gasteiger partial charge is 0.366 e. The number of fused-ring (bicyclic) bond motifs is 1. The first-order valence-corrected chi connectivity index (χ1v) is 7.03. The number of nitrogens with one attached hydrogen (secondary N) is 1. The Morgan fingerprint density at radius 3 is 2.76 bits per heavy atom. The van der Waals surface area contributed by atoms with Gasteiger partial charge in [0.05, 0.1) is 5.52 Å². The summed E-state index contributed by atoms with van der Waals surface area (Å²) in [5.74, 6) is 1.46. The van der Waals surface area contributed by atoms with Crippen molar-refractivity contribution in [2.45, 2.75) is 0 Å². The van der Waals surface area contributed by atoms with Crippen molar-refractivity contribution in [2.75, 3.05) is 11.9 Å². The summed E-state index contributed by atoms with van der Waals surface area (Å²) in [6, 6.07) is 15.5. The number of halogens is 1. The molecule has 3 aromatic rings. The van der Waals surface area contributed by atoms with Crippen LogP contribution in [-0.2, 0) is 0 Å². The molecule has 0 unspecified atom stereocenters. The van der Waals surface area contributed by atoms with Crippen molar-refractivity contribution >= 4 is 28.3 Å². The summed E-state index contributed by atoms with van der Waals surface area (Å²) in [5, 5.41) is 4.92. The molecule has 0 spiro atoms. The van der Waals surface area contributed by atoms with Crippen LogP contribution in [0.25, 0.3) is 22.3 Å². The minimum Gasteiger partial charge on any atom is -0.366 e. The van der Waals surface area contributed by atoms with Gasteiger partial charge in [-0.1, -0.05) is 41.9 Å². The monoisotopic (exact) mass is 295 g/mol. The maximum Gasteiger partial charge on any atom is 0.162 e. The fraction of sp³-hybridized carbons (Fsp3) is 0.0588. The SMILES string of the molecule is C=CCNc1nc(-c2cccc(Cl)c2)nc2ccccc12. The predicted octanol–water partition coefficient (Wildman–Crippen LogP) is 4.55. The number of rotatable bonds is 4. The zero-order valence-electron chi connectivity index (χ0n) is 11.4. The van der Waals surface area contributed by atoms with Gasteiger partial charge in [0.15, 0.2) is 5.82 Å². The summed E-state index contributed by atoms with van der Waals surface area (Å²) in [6.07, 6.45) is 1.80. The van der Waals surface area contributed by atoms with E-state index in [0.717, 1.165) is 22.3 Å². The number of aromatic nitrogens is 2. The Morgan fingerprint density at radius 2 is 1.95 bits per heavy atom. The molecule has 0 aliphatic carbocycles. The lowest BCUT2D eigenvalue weighted by atomic mass is 10.2. The first kappa shape index (κ1) is 13.6. The van der Waals surface area contributed by atoms with Gasteiger partial charge in [0.1, 0.15) is 5.82 Å². The highest BCUT2D eigenvalue weighted by Crippen LogP contribution is 2.26. The molecule has 0 bridgehead atoms. The van der Waals surface area contributed by atoms with Crippen LogP contribution in [0.15, 0.2) is 61.2 Å². The number of anilines is 1. The fourth-order valence-corrected chi connectivity index (χ4v) is 2.33. The van der Waals surface area contributed by atoms with Gasteiger partial charge in [-0.3, -0.25) is 0 Å². The molecule has 0 fully saturated rings. The summed E-state index contributed by atoms with van der Waals surface area (Å²) in [5.41, 5.74) is 1.80. The van der Waals surface area contributed by atoms with Crippen molar-refractivity contribution in [2.24, 2.45) is 0 Å². The molecule has 3 rings (SSSR count). The highest BCUT2D eigenvalue weighted by atomic mass is 35.5. The zero-order chi connectivity index (χ0) is 14.7. The molecule has 21 heavy (non-hydrogen) atoms. The zero-order valence-corrected chi connectivity index (χ0v) is 12.1. The molecule has 0 saturated heterocycles. The lowest BCUT2D eigenvalue weighted by molar-refractivity contribution is 1.19. The van der Waals surface area contributed by atoms with Gasteiger partial charge in [0.2, 0.25) is 0 Å². The predicted molar refractivity (Wildman–Crippen MR) is 88.7 cm³/mol. The van der Waals surface area contributed by atoms with E-state index in [-0.39, 0.29) is 0 Å². The topological polar surface area (TPSA) is 37.8 Å². The van der Waals surface area contributed by atoms with Crippen LogP contribution in [0.2, 0.25) is 5.02 Å². The maximum absolute atomic E-state index is 6.05. The van der Waals surface area contributed by atoms with Crippen LogP contribution in [0.3, 0.4) is 0 Å². The molecule has 1 heterocycles. The highest BCUT2D eigenvalue weighted by molar-refractivity contribution is 6.30. The first-order chi connectivity index (χ1) is 10.3. The summed E-state index contributed by atoms with van der Waals surface area (Å²) >= 11 is 6.05. The second kappa shape index (κ2) is 5.94. The van der Waals surface area contributed by atoms with E-state index in [1.807, 2.05) is 48.5 Å². The molecule has 0 amide bonds. The molecular weight excluding hydrogens is 282 g/mol. The summed E-state index contributed by atoms with van der Waals surface area (Å²) in [4.78, 5) is 9.24. The first-order valence-electron chi connectivity index (χ1n) is 6.65. The Hall–Kier alpha value is -2.39. The van der Waals surface area contributed by atoms with Crippen LogP contribution in [0.1, 0.15) is 0 Å².